The summed E-state index contributed by atoms with van der Waals surface area (Å²) in [6.45, 7) is 2.23. The maximum Gasteiger partial charge on any atom is 0.184 e. The molecular weight excluding hydrogens is 262 g/mol. The maximum absolute atomic E-state index is 9.61. The van der Waals surface area contributed by atoms with E-state index < -0.39 is 0 Å². The Morgan fingerprint density at radius 1 is 1.71 bits per heavy atom. The molecule has 1 rings (SSSR count). The largest absolute Gasteiger partial charge is 0.503 e. The lowest BCUT2D eigenvalue weighted by Gasteiger charge is -2.08. The fourth-order valence-corrected chi connectivity index (χ4v) is 1.38. The predicted molar refractivity (Wildman–Crippen MR) is 71.8 cm³/mol. The number of ether oxygens (including phenoxy) is 1. The molecule has 4 N–H and O–H groups in total. The first-order valence-electron chi connectivity index (χ1n) is 4.78. The lowest BCUT2D eigenvalue weighted by Crippen LogP contribution is -2.23. The fraction of sp³-hybridized carbons (Fsp3) is 0.200. The predicted octanol–water partition coefficient (Wildman–Crippen LogP) is 1.61. The van der Waals surface area contributed by atoms with Crippen LogP contribution in [0.3, 0.4) is 0 Å². The number of phenols is 1. The number of aromatic hydroxyl groups is 1. The Morgan fingerprint density at radius 3 is 3.00 bits per heavy atom. The third-order valence-corrected chi connectivity index (χ3v) is 2.12. The van der Waals surface area contributed by atoms with Gasteiger partial charge in [-0.1, -0.05) is 11.6 Å². The van der Waals surface area contributed by atoms with E-state index >= 15 is 0 Å². The number of hydrogen-bond donors (Lipinski definition) is 3. The Labute approximate surface area is 109 Å². The molecule has 0 saturated carbocycles. The second-order valence-electron chi connectivity index (χ2n) is 3.02. The first-order chi connectivity index (χ1) is 8.04. The lowest BCUT2D eigenvalue weighted by atomic mass is 10.2. The minimum atomic E-state index is -0.0898. The van der Waals surface area contributed by atoms with E-state index in [4.69, 9.17) is 22.1 Å². The van der Waals surface area contributed by atoms with Crippen LogP contribution in [0.2, 0.25) is 5.02 Å². The summed E-state index contributed by atoms with van der Waals surface area (Å²) in [4.78, 5) is 0. The Kier molecular flexibility index (Phi) is 4.99. The summed E-state index contributed by atoms with van der Waals surface area (Å²) in [5, 5.41) is 13.6. The van der Waals surface area contributed by atoms with E-state index in [0.717, 1.165) is 0 Å². The van der Waals surface area contributed by atoms with Crippen molar-refractivity contribution in [3.8, 4) is 11.5 Å². The van der Waals surface area contributed by atoms with Crippen molar-refractivity contribution in [2.24, 2.45) is 10.8 Å². The quantitative estimate of drug-likeness (QED) is 0.441. The molecule has 17 heavy (non-hydrogen) atoms. The van der Waals surface area contributed by atoms with Crippen molar-refractivity contribution >= 4 is 35.1 Å². The van der Waals surface area contributed by atoms with Crippen LogP contribution in [-0.4, -0.2) is 23.0 Å². The molecule has 0 spiro atoms. The average Bonchev–Trinajstić information content (AvgIpc) is 2.25. The third kappa shape index (κ3) is 4.08. The van der Waals surface area contributed by atoms with E-state index in [1.807, 2.05) is 6.92 Å². The molecule has 7 heteroatoms. The molecule has 0 fully saturated rings. The summed E-state index contributed by atoms with van der Waals surface area (Å²) < 4.78 is 5.22. The smallest absolute Gasteiger partial charge is 0.184 e. The van der Waals surface area contributed by atoms with Gasteiger partial charge in [0.25, 0.3) is 0 Å². The highest BCUT2D eigenvalue weighted by atomic mass is 35.5. The number of nitrogens with two attached hydrogens (primary N) is 1. The van der Waals surface area contributed by atoms with Crippen molar-refractivity contribution < 1.29 is 9.84 Å². The highest BCUT2D eigenvalue weighted by Gasteiger charge is 2.08. The average molecular weight is 274 g/mol. The van der Waals surface area contributed by atoms with Crippen molar-refractivity contribution in [3.63, 3.8) is 0 Å². The van der Waals surface area contributed by atoms with Gasteiger partial charge < -0.3 is 15.6 Å². The summed E-state index contributed by atoms with van der Waals surface area (Å²) in [5.74, 6) is 0.213. The van der Waals surface area contributed by atoms with Crippen LogP contribution in [-0.2, 0) is 0 Å². The molecule has 1 aromatic carbocycles. The number of hydrazone groups is 1. The van der Waals surface area contributed by atoms with Gasteiger partial charge in [0.2, 0.25) is 0 Å². The van der Waals surface area contributed by atoms with Crippen LogP contribution in [0, 0.1) is 0 Å². The lowest BCUT2D eigenvalue weighted by molar-refractivity contribution is 0.318. The van der Waals surface area contributed by atoms with Gasteiger partial charge in [0.15, 0.2) is 16.6 Å². The van der Waals surface area contributed by atoms with Gasteiger partial charge in [-0.2, -0.15) is 5.10 Å². The van der Waals surface area contributed by atoms with E-state index in [-0.39, 0.29) is 15.9 Å². The number of nitrogens with one attached hydrogen (secondary N) is 1. The first kappa shape index (κ1) is 13.5. The van der Waals surface area contributed by atoms with Gasteiger partial charge in [-0.05, 0) is 36.8 Å². The minimum Gasteiger partial charge on any atom is -0.503 e. The van der Waals surface area contributed by atoms with E-state index in [0.29, 0.717) is 17.9 Å². The molecule has 0 radical (unpaired) electrons. The zero-order chi connectivity index (χ0) is 12.8. The molecule has 0 aromatic heterocycles. The number of phenolic OH excluding ortho intramolecular Hbond substituents is 1. The van der Waals surface area contributed by atoms with Crippen molar-refractivity contribution in [3.05, 3.63) is 22.7 Å². The molecular formula is C10H12ClN3O2S. The van der Waals surface area contributed by atoms with Gasteiger partial charge >= 0.3 is 0 Å². The molecule has 0 saturated heterocycles. The van der Waals surface area contributed by atoms with E-state index in [9.17, 15) is 5.11 Å². The summed E-state index contributed by atoms with van der Waals surface area (Å²) >= 11 is 10.4. The number of halogens is 1. The van der Waals surface area contributed by atoms with E-state index in [1.54, 1.807) is 12.1 Å². The SMILES string of the molecule is CCOc1cc(/C=N/NC(N)=S)cc(Cl)c1O. The number of benzene rings is 1. The van der Waals surface area contributed by atoms with Crippen LogP contribution in [0.5, 0.6) is 11.5 Å². The van der Waals surface area contributed by atoms with Gasteiger partial charge in [0.1, 0.15) is 0 Å². The van der Waals surface area contributed by atoms with Gasteiger partial charge in [-0.3, -0.25) is 5.43 Å². The summed E-state index contributed by atoms with van der Waals surface area (Å²) in [6, 6.07) is 3.15. The van der Waals surface area contributed by atoms with Crippen molar-refractivity contribution in [1.82, 2.24) is 5.43 Å². The van der Waals surface area contributed by atoms with Gasteiger partial charge in [0, 0.05) is 0 Å². The van der Waals surface area contributed by atoms with E-state index in [2.05, 4.69) is 22.7 Å². The second kappa shape index (κ2) is 6.27. The third-order valence-electron chi connectivity index (χ3n) is 1.74. The molecule has 0 bridgehead atoms. The Balaban J connectivity index is 2.93. The molecule has 0 aliphatic rings. The Hall–Kier alpha value is -1.53. The molecule has 0 atom stereocenters. The van der Waals surface area contributed by atoms with Gasteiger partial charge in [-0.15, -0.1) is 0 Å². The molecule has 0 aliphatic heterocycles. The number of hydrogen-bond acceptors (Lipinski definition) is 4. The first-order valence-corrected chi connectivity index (χ1v) is 5.57. The highest BCUT2D eigenvalue weighted by Crippen LogP contribution is 2.34. The van der Waals surface area contributed by atoms with Crippen LogP contribution < -0.4 is 15.9 Å². The van der Waals surface area contributed by atoms with Crippen LogP contribution in [0.1, 0.15) is 12.5 Å². The van der Waals surface area contributed by atoms with E-state index in [1.165, 1.54) is 6.21 Å². The minimum absolute atomic E-state index is 0.0659. The van der Waals surface area contributed by atoms with Crippen LogP contribution >= 0.6 is 23.8 Å². The molecule has 0 aliphatic carbocycles. The van der Waals surface area contributed by atoms with Crippen molar-refractivity contribution in [2.75, 3.05) is 6.61 Å². The Morgan fingerprint density at radius 2 is 2.41 bits per heavy atom. The molecule has 5 nitrogen and oxygen atoms in total. The molecule has 92 valence electrons. The normalized spacial score (nSPS) is 10.5. The van der Waals surface area contributed by atoms with Crippen LogP contribution in [0.15, 0.2) is 17.2 Å². The molecule has 1 aromatic rings. The van der Waals surface area contributed by atoms with Crippen molar-refractivity contribution in [1.29, 1.82) is 0 Å². The summed E-state index contributed by atoms with van der Waals surface area (Å²) in [7, 11) is 0. The number of nitrogens with zero attached hydrogens (tertiary/aromatic N) is 1. The number of rotatable bonds is 4. The zero-order valence-electron chi connectivity index (χ0n) is 9.11. The summed E-state index contributed by atoms with van der Waals surface area (Å²) in [6.07, 6.45) is 1.47. The van der Waals surface area contributed by atoms with Crippen LogP contribution in [0.25, 0.3) is 0 Å². The fourth-order valence-electron chi connectivity index (χ4n) is 1.10. The standard InChI is InChI=1S/C10H12ClN3O2S/c1-2-16-8-4-6(3-7(11)9(8)15)5-13-14-10(12)17/h3-5,15H,2H2,1H3,(H3,12,14,17)/b13-5+. The maximum atomic E-state index is 9.61. The zero-order valence-corrected chi connectivity index (χ0v) is 10.7. The summed E-state index contributed by atoms with van der Waals surface area (Å²) in [5.41, 5.74) is 8.27. The van der Waals surface area contributed by atoms with Crippen LogP contribution in [0.4, 0.5) is 0 Å². The van der Waals surface area contributed by atoms with Gasteiger partial charge in [0.05, 0.1) is 17.8 Å². The Bertz CT molecular complexity index is 451. The van der Waals surface area contributed by atoms with Gasteiger partial charge in [-0.25, -0.2) is 0 Å². The molecule has 0 heterocycles. The highest BCUT2D eigenvalue weighted by molar-refractivity contribution is 7.80. The number of thiocarbonyl (C=S) groups is 1. The second-order valence-corrected chi connectivity index (χ2v) is 3.86. The monoisotopic (exact) mass is 273 g/mol. The van der Waals surface area contributed by atoms with Crippen molar-refractivity contribution in [2.45, 2.75) is 6.92 Å². The topological polar surface area (TPSA) is 79.9 Å². The molecule has 0 unspecified atom stereocenters. The molecule has 0 amide bonds.